The first-order chi connectivity index (χ1) is 8.64. The van der Waals surface area contributed by atoms with Crippen LogP contribution in [0.3, 0.4) is 0 Å². The van der Waals surface area contributed by atoms with E-state index in [1.54, 1.807) is 19.3 Å². The molecule has 0 aromatic heterocycles. The quantitative estimate of drug-likeness (QED) is 0.525. The Morgan fingerprint density at radius 2 is 1.50 bits per heavy atom. The third-order valence-electron chi connectivity index (χ3n) is 6.17. The van der Waals surface area contributed by atoms with Gasteiger partial charge in [-0.2, -0.15) is 0 Å². The van der Waals surface area contributed by atoms with Gasteiger partial charge < -0.3 is 12.4 Å². The number of hydrogen-bond acceptors (Lipinski definition) is 2. The van der Waals surface area contributed by atoms with E-state index in [0.717, 1.165) is 17.8 Å². The fourth-order valence-electron chi connectivity index (χ4n) is 5.69. The van der Waals surface area contributed by atoms with E-state index in [4.69, 9.17) is 0 Å². The maximum absolute atomic E-state index is 2.76. The normalized spacial score (nSPS) is 43.6. The van der Waals surface area contributed by atoms with E-state index >= 15 is 0 Å². The van der Waals surface area contributed by atoms with Gasteiger partial charge >= 0.3 is 22.4 Å². The molecular weight excluding hydrogens is 453 g/mol. The molecule has 5 fully saturated rings. The smallest absolute Gasteiger partial charge is 1.00 e. The van der Waals surface area contributed by atoms with Crippen molar-refractivity contribution in [1.82, 2.24) is 9.80 Å². The fraction of sp³-hybridized carbons (Fsp3) is 0.938. The fourth-order valence-corrected chi connectivity index (χ4v) is 5.69. The molecule has 4 aliphatic carbocycles. The van der Waals surface area contributed by atoms with Crippen molar-refractivity contribution in [2.45, 2.75) is 64.0 Å². The Morgan fingerprint density at radius 3 is 1.90 bits per heavy atom. The van der Waals surface area contributed by atoms with Crippen molar-refractivity contribution in [2.75, 3.05) is 13.1 Å². The molecule has 4 saturated carbocycles. The van der Waals surface area contributed by atoms with Crippen molar-refractivity contribution >= 4 is 0 Å². The van der Waals surface area contributed by atoms with E-state index in [1.165, 1.54) is 32.4 Å². The number of rotatable bonds is 2. The van der Waals surface area contributed by atoms with Crippen molar-refractivity contribution in [3.63, 3.8) is 0 Å². The molecular formula is C16H29AuClN2. The van der Waals surface area contributed by atoms with Gasteiger partial charge in [0.25, 0.3) is 0 Å². The van der Waals surface area contributed by atoms with E-state index in [9.17, 15) is 0 Å². The standard InChI is InChI=1S/C16H27N2.Au.ClH.H2/c1-12(2)17-3-4-18(11-17)16-8-13-5-14(9-16)7-15(6-13)10-16;;;/h11-15H,3-10H2,1-2H3;;2*1H/q;+1;;/p-1. The molecule has 5 aliphatic rings. The van der Waals surface area contributed by atoms with Gasteiger partial charge in [-0.25, -0.2) is 0 Å². The molecule has 0 N–H and O–H groups in total. The Hall–Kier alpha value is 0.950. The molecule has 0 atom stereocenters. The average Bonchev–Trinajstić information content (AvgIpc) is 2.76. The maximum Gasteiger partial charge on any atom is 1.00 e. The van der Waals surface area contributed by atoms with Crippen LogP contribution in [-0.4, -0.2) is 34.5 Å². The van der Waals surface area contributed by atoms with Crippen molar-refractivity contribution in [1.29, 1.82) is 0 Å². The summed E-state index contributed by atoms with van der Waals surface area (Å²) in [5.41, 5.74) is 0.582. The summed E-state index contributed by atoms with van der Waals surface area (Å²) in [6.45, 7) is 9.65. The van der Waals surface area contributed by atoms with Crippen molar-refractivity contribution in [2.24, 2.45) is 17.8 Å². The molecule has 0 unspecified atom stereocenters. The Bertz CT molecular complexity index is 318. The minimum absolute atomic E-state index is 0. The zero-order valence-electron chi connectivity index (χ0n) is 12.6. The zero-order valence-corrected chi connectivity index (χ0v) is 15.5. The molecule has 0 amide bonds. The monoisotopic (exact) mass is 481 g/mol. The second-order valence-electron chi connectivity index (χ2n) is 7.78. The molecule has 0 aromatic carbocycles. The minimum atomic E-state index is 0. The van der Waals surface area contributed by atoms with Crippen LogP contribution >= 0.6 is 0 Å². The summed E-state index contributed by atoms with van der Waals surface area (Å²) in [6.07, 6.45) is 9.17. The predicted octanol–water partition coefficient (Wildman–Crippen LogP) is 0.348. The van der Waals surface area contributed by atoms with E-state index < -0.39 is 0 Å². The van der Waals surface area contributed by atoms with E-state index in [1.807, 2.05) is 0 Å². The molecule has 1 aliphatic heterocycles. The summed E-state index contributed by atoms with van der Waals surface area (Å²) >= 11 is 0. The Morgan fingerprint density at radius 1 is 1.00 bits per heavy atom. The molecule has 1 heterocycles. The van der Waals surface area contributed by atoms with Gasteiger partial charge in [-0.05, 0) is 70.1 Å². The summed E-state index contributed by atoms with van der Waals surface area (Å²) < 4.78 is 0. The molecule has 0 spiro atoms. The third kappa shape index (κ3) is 2.77. The van der Waals surface area contributed by atoms with E-state index in [-0.39, 0.29) is 36.2 Å². The minimum Gasteiger partial charge on any atom is -1.00 e. The van der Waals surface area contributed by atoms with Gasteiger partial charge in [-0.1, -0.05) is 0 Å². The summed E-state index contributed by atoms with van der Waals surface area (Å²) in [7, 11) is 0. The number of nitrogens with zero attached hydrogens (tertiary/aromatic N) is 2. The largest absolute Gasteiger partial charge is 1.00 e. The first kappa shape index (κ1) is 17.3. The average molecular weight is 482 g/mol. The zero-order chi connectivity index (χ0) is 12.3. The van der Waals surface area contributed by atoms with Gasteiger partial charge in [0.2, 0.25) is 0 Å². The van der Waals surface area contributed by atoms with Gasteiger partial charge in [-0.15, -0.1) is 0 Å². The van der Waals surface area contributed by atoms with Crippen LogP contribution < -0.4 is 12.4 Å². The molecule has 4 bridgehead atoms. The SMILES string of the molecule is CC(C)N1[CH]N(C23CC4CC(CC(C4)C2)C3)CC1.[Au+].[Cl-].[HH]. The third-order valence-corrected chi connectivity index (χ3v) is 6.17. The predicted molar refractivity (Wildman–Crippen MR) is 75.9 cm³/mol. The van der Waals surface area contributed by atoms with Crippen molar-refractivity contribution < 1.29 is 36.2 Å². The Labute approximate surface area is 147 Å². The van der Waals surface area contributed by atoms with Crippen LogP contribution in [0.2, 0.25) is 0 Å². The molecule has 0 aromatic rings. The van der Waals surface area contributed by atoms with Gasteiger partial charge in [0.05, 0.1) is 6.67 Å². The van der Waals surface area contributed by atoms with Gasteiger partial charge in [0, 0.05) is 26.1 Å². The van der Waals surface area contributed by atoms with Crippen molar-refractivity contribution in [3.05, 3.63) is 6.67 Å². The summed E-state index contributed by atoms with van der Waals surface area (Å²) in [5.74, 6) is 3.20. The second-order valence-corrected chi connectivity index (χ2v) is 7.78. The molecule has 4 heteroatoms. The van der Waals surface area contributed by atoms with E-state index in [0.29, 0.717) is 11.6 Å². The van der Waals surface area contributed by atoms with Crippen LogP contribution in [0.1, 0.15) is 53.8 Å². The summed E-state index contributed by atoms with van der Waals surface area (Å²) in [4.78, 5) is 5.30. The second kappa shape index (κ2) is 6.22. The molecule has 2 nitrogen and oxygen atoms in total. The number of halogens is 1. The molecule has 20 heavy (non-hydrogen) atoms. The molecule has 121 valence electrons. The Balaban J connectivity index is 0.000000735. The number of hydrogen-bond donors (Lipinski definition) is 0. The first-order valence-electron chi connectivity index (χ1n) is 8.02. The maximum atomic E-state index is 2.76. The van der Waals surface area contributed by atoms with Crippen LogP contribution in [0.4, 0.5) is 0 Å². The Kier molecular flexibility index (Phi) is 5.38. The molecule has 5 rings (SSSR count). The van der Waals surface area contributed by atoms with Crippen molar-refractivity contribution in [3.8, 4) is 0 Å². The summed E-state index contributed by atoms with van der Waals surface area (Å²) in [6, 6.07) is 0.670. The van der Waals surface area contributed by atoms with Gasteiger partial charge in [0.15, 0.2) is 0 Å². The van der Waals surface area contributed by atoms with Gasteiger partial charge in [-0.3, -0.25) is 9.80 Å². The first-order valence-corrected chi connectivity index (χ1v) is 8.02. The van der Waals surface area contributed by atoms with Crippen LogP contribution in [0.25, 0.3) is 0 Å². The van der Waals surface area contributed by atoms with Crippen LogP contribution in [-0.2, 0) is 22.4 Å². The van der Waals surface area contributed by atoms with Crippen LogP contribution in [0, 0.1) is 24.4 Å². The molecule has 1 radical (unpaired) electrons. The molecule has 1 saturated heterocycles. The topological polar surface area (TPSA) is 6.48 Å². The van der Waals surface area contributed by atoms with E-state index in [2.05, 4.69) is 30.3 Å². The summed E-state index contributed by atoms with van der Waals surface area (Å²) in [5, 5.41) is 0. The van der Waals surface area contributed by atoms with Crippen LogP contribution in [0.5, 0.6) is 0 Å². The van der Waals surface area contributed by atoms with Gasteiger partial charge in [0.1, 0.15) is 0 Å². The van der Waals surface area contributed by atoms with Crippen LogP contribution in [0.15, 0.2) is 0 Å².